The lowest BCUT2D eigenvalue weighted by Gasteiger charge is -2.18. The molecule has 0 saturated carbocycles. The zero-order valence-electron chi connectivity index (χ0n) is 11.5. The largest absolute Gasteiger partial charge is 0.363 e. The second-order valence-electron chi connectivity index (χ2n) is 4.70. The third kappa shape index (κ3) is 3.70. The van der Waals surface area contributed by atoms with Crippen molar-refractivity contribution in [1.29, 1.82) is 0 Å². The molecule has 1 heterocycles. The van der Waals surface area contributed by atoms with E-state index in [0.717, 1.165) is 12.2 Å². The van der Waals surface area contributed by atoms with Crippen molar-refractivity contribution < 1.29 is 4.79 Å². The molecule has 100 valence electrons. The fourth-order valence-electron chi connectivity index (χ4n) is 1.46. The van der Waals surface area contributed by atoms with E-state index in [-0.39, 0.29) is 11.8 Å². The highest BCUT2D eigenvalue weighted by atomic mass is 16.2. The zero-order chi connectivity index (χ0) is 13.7. The first kappa shape index (κ1) is 14.4. The number of carbonyl (C=O) groups excluding carboxylic acids is 1. The average Bonchev–Trinajstić information content (AvgIpc) is 2.37. The summed E-state index contributed by atoms with van der Waals surface area (Å²) in [4.78, 5) is 18.0. The van der Waals surface area contributed by atoms with Crippen LogP contribution in [0.1, 0.15) is 20.3 Å². The molecular weight excluding hydrogens is 228 g/mol. The third-order valence-electron chi connectivity index (χ3n) is 3.03. The SMILES string of the molecule is CCC(C)C(N)C(=O)Nc1ccc(N(C)C)nc1. The van der Waals surface area contributed by atoms with Gasteiger partial charge < -0.3 is 16.0 Å². The van der Waals surface area contributed by atoms with Crippen LogP contribution in [-0.2, 0) is 4.79 Å². The number of rotatable bonds is 5. The molecule has 0 saturated heterocycles. The number of amides is 1. The maximum atomic E-state index is 11.9. The molecule has 0 bridgehead atoms. The second kappa shape index (κ2) is 6.35. The fourth-order valence-corrected chi connectivity index (χ4v) is 1.46. The van der Waals surface area contributed by atoms with Crippen LogP contribution in [0.2, 0.25) is 0 Å². The second-order valence-corrected chi connectivity index (χ2v) is 4.70. The first-order valence-corrected chi connectivity index (χ1v) is 6.15. The van der Waals surface area contributed by atoms with Crippen molar-refractivity contribution in [2.24, 2.45) is 11.7 Å². The normalized spacial score (nSPS) is 13.8. The Kier molecular flexibility index (Phi) is 5.09. The number of pyridine rings is 1. The van der Waals surface area contributed by atoms with Crippen LogP contribution in [0.25, 0.3) is 0 Å². The van der Waals surface area contributed by atoms with Crippen LogP contribution in [0.4, 0.5) is 11.5 Å². The number of hydrogen-bond acceptors (Lipinski definition) is 4. The van der Waals surface area contributed by atoms with Gasteiger partial charge in [-0.05, 0) is 18.1 Å². The van der Waals surface area contributed by atoms with Crippen molar-refractivity contribution >= 4 is 17.4 Å². The van der Waals surface area contributed by atoms with E-state index >= 15 is 0 Å². The summed E-state index contributed by atoms with van der Waals surface area (Å²) in [5.41, 5.74) is 6.53. The minimum absolute atomic E-state index is 0.163. The smallest absolute Gasteiger partial charge is 0.241 e. The van der Waals surface area contributed by atoms with Crippen LogP contribution in [0.15, 0.2) is 18.3 Å². The van der Waals surface area contributed by atoms with Crippen molar-refractivity contribution in [3.8, 4) is 0 Å². The van der Waals surface area contributed by atoms with E-state index in [1.807, 2.05) is 45.0 Å². The Morgan fingerprint density at radius 2 is 2.17 bits per heavy atom. The van der Waals surface area contributed by atoms with Crippen LogP contribution in [-0.4, -0.2) is 31.0 Å². The minimum atomic E-state index is -0.483. The molecule has 2 atom stereocenters. The highest BCUT2D eigenvalue weighted by Crippen LogP contribution is 2.13. The lowest BCUT2D eigenvalue weighted by molar-refractivity contribution is -0.118. The zero-order valence-corrected chi connectivity index (χ0v) is 11.5. The summed E-state index contributed by atoms with van der Waals surface area (Å²) >= 11 is 0. The molecule has 1 rings (SSSR count). The minimum Gasteiger partial charge on any atom is -0.363 e. The van der Waals surface area contributed by atoms with Gasteiger partial charge in [0.1, 0.15) is 5.82 Å². The van der Waals surface area contributed by atoms with E-state index < -0.39 is 6.04 Å². The molecule has 0 aromatic carbocycles. The number of nitrogens with zero attached hydrogens (tertiary/aromatic N) is 2. The van der Waals surface area contributed by atoms with Crippen LogP contribution in [0, 0.1) is 5.92 Å². The average molecular weight is 250 g/mol. The summed E-state index contributed by atoms with van der Waals surface area (Å²) in [5, 5.41) is 2.78. The standard InChI is InChI=1S/C13H22N4O/c1-5-9(2)12(14)13(18)16-10-6-7-11(15-8-10)17(3)4/h6-9,12H,5,14H2,1-4H3,(H,16,18). The number of nitrogens with one attached hydrogen (secondary N) is 1. The molecule has 3 N–H and O–H groups in total. The van der Waals surface area contributed by atoms with E-state index in [9.17, 15) is 4.79 Å². The Labute approximate surface area is 108 Å². The Balaban J connectivity index is 2.65. The van der Waals surface area contributed by atoms with Gasteiger partial charge in [0, 0.05) is 14.1 Å². The van der Waals surface area contributed by atoms with Gasteiger partial charge in [0.2, 0.25) is 5.91 Å². The molecule has 0 spiro atoms. The van der Waals surface area contributed by atoms with Gasteiger partial charge in [-0.2, -0.15) is 0 Å². The van der Waals surface area contributed by atoms with Crippen LogP contribution in [0.3, 0.4) is 0 Å². The van der Waals surface area contributed by atoms with Gasteiger partial charge >= 0.3 is 0 Å². The number of anilines is 2. The molecule has 0 aliphatic heterocycles. The maximum Gasteiger partial charge on any atom is 0.241 e. The summed E-state index contributed by atoms with van der Waals surface area (Å²) in [6.07, 6.45) is 2.52. The van der Waals surface area contributed by atoms with Gasteiger partial charge in [0.25, 0.3) is 0 Å². The molecule has 1 amide bonds. The monoisotopic (exact) mass is 250 g/mol. The van der Waals surface area contributed by atoms with Crippen molar-refractivity contribution in [2.75, 3.05) is 24.3 Å². The molecule has 1 aromatic rings. The van der Waals surface area contributed by atoms with E-state index in [0.29, 0.717) is 5.69 Å². The van der Waals surface area contributed by atoms with Gasteiger partial charge in [0.05, 0.1) is 17.9 Å². The molecule has 2 unspecified atom stereocenters. The van der Waals surface area contributed by atoms with Crippen molar-refractivity contribution in [3.05, 3.63) is 18.3 Å². The molecule has 0 aliphatic rings. The third-order valence-corrected chi connectivity index (χ3v) is 3.03. The molecule has 0 radical (unpaired) electrons. The molecular formula is C13H22N4O. The highest BCUT2D eigenvalue weighted by molar-refractivity contribution is 5.94. The topological polar surface area (TPSA) is 71.2 Å². The molecule has 5 nitrogen and oxygen atoms in total. The predicted molar refractivity (Wildman–Crippen MR) is 74.6 cm³/mol. The number of hydrogen-bond donors (Lipinski definition) is 2. The first-order chi connectivity index (χ1) is 8.45. The summed E-state index contributed by atoms with van der Waals surface area (Å²) in [7, 11) is 3.83. The summed E-state index contributed by atoms with van der Waals surface area (Å²) in [5.74, 6) is 0.849. The summed E-state index contributed by atoms with van der Waals surface area (Å²) in [6.45, 7) is 3.99. The molecule has 0 fully saturated rings. The predicted octanol–water partition coefficient (Wildman–Crippen LogP) is 1.46. The Morgan fingerprint density at radius 3 is 2.61 bits per heavy atom. The van der Waals surface area contributed by atoms with E-state index in [1.165, 1.54) is 0 Å². The van der Waals surface area contributed by atoms with Gasteiger partial charge in [-0.3, -0.25) is 4.79 Å². The Hall–Kier alpha value is -1.62. The van der Waals surface area contributed by atoms with E-state index in [4.69, 9.17) is 5.73 Å². The van der Waals surface area contributed by atoms with Crippen LogP contribution in [0.5, 0.6) is 0 Å². The number of nitrogens with two attached hydrogens (primary N) is 1. The molecule has 5 heteroatoms. The Morgan fingerprint density at radius 1 is 1.50 bits per heavy atom. The quantitative estimate of drug-likeness (QED) is 0.830. The number of carbonyl (C=O) groups is 1. The van der Waals surface area contributed by atoms with Crippen molar-refractivity contribution in [1.82, 2.24) is 4.98 Å². The summed E-state index contributed by atoms with van der Waals surface area (Å²) < 4.78 is 0. The first-order valence-electron chi connectivity index (χ1n) is 6.15. The molecule has 18 heavy (non-hydrogen) atoms. The highest BCUT2D eigenvalue weighted by Gasteiger charge is 2.19. The summed E-state index contributed by atoms with van der Waals surface area (Å²) in [6, 6.07) is 3.19. The van der Waals surface area contributed by atoms with Crippen LogP contribution < -0.4 is 16.0 Å². The van der Waals surface area contributed by atoms with Crippen molar-refractivity contribution in [3.63, 3.8) is 0 Å². The van der Waals surface area contributed by atoms with Gasteiger partial charge in [0.15, 0.2) is 0 Å². The molecule has 0 aliphatic carbocycles. The fraction of sp³-hybridized carbons (Fsp3) is 0.538. The van der Waals surface area contributed by atoms with Crippen LogP contribution >= 0.6 is 0 Å². The molecule has 1 aromatic heterocycles. The van der Waals surface area contributed by atoms with Gasteiger partial charge in [-0.15, -0.1) is 0 Å². The van der Waals surface area contributed by atoms with Crippen molar-refractivity contribution in [2.45, 2.75) is 26.3 Å². The van der Waals surface area contributed by atoms with E-state index in [2.05, 4.69) is 10.3 Å². The lowest BCUT2D eigenvalue weighted by Crippen LogP contribution is -2.40. The van der Waals surface area contributed by atoms with E-state index in [1.54, 1.807) is 6.20 Å². The number of aromatic nitrogens is 1. The lowest BCUT2D eigenvalue weighted by atomic mass is 9.99. The van der Waals surface area contributed by atoms with Gasteiger partial charge in [-0.1, -0.05) is 20.3 Å². The Bertz CT molecular complexity index is 388. The van der Waals surface area contributed by atoms with Gasteiger partial charge in [-0.25, -0.2) is 4.98 Å². The maximum absolute atomic E-state index is 11.9.